The Balaban J connectivity index is 0.000000104. The number of carbonyl (C=O) groups excluding carboxylic acids is 10. The molecular weight excluding hydrogens is 1760 g/mol. The first-order valence-electron chi connectivity index (χ1n) is 54.3. The summed E-state index contributed by atoms with van der Waals surface area (Å²) in [6.07, 6.45) is 63.7. The quantitative estimate of drug-likeness (QED) is 0.0867. The van der Waals surface area contributed by atoms with Gasteiger partial charge in [-0.1, -0.05) is 188 Å². The van der Waals surface area contributed by atoms with Crippen LogP contribution < -0.4 is 0 Å². The lowest BCUT2D eigenvalue weighted by molar-refractivity contribution is -0.197. The summed E-state index contributed by atoms with van der Waals surface area (Å²) >= 11 is 0. The molecule has 20 heteroatoms. The number of hydrogen-bond donors (Lipinski definition) is 0. The van der Waals surface area contributed by atoms with Gasteiger partial charge < -0.3 is 47.4 Å². The zero-order valence-electron chi connectivity index (χ0n) is 83.5. The maximum atomic E-state index is 13.0. The van der Waals surface area contributed by atoms with Crippen molar-refractivity contribution in [1.82, 2.24) is 0 Å². The van der Waals surface area contributed by atoms with Crippen LogP contribution in [0.3, 0.4) is 0 Å². The number of cyclic esters (lactones) is 7. The summed E-state index contributed by atoms with van der Waals surface area (Å²) in [7, 11) is 0. The molecule has 2 saturated heterocycles. The van der Waals surface area contributed by atoms with Crippen LogP contribution in [0.25, 0.3) is 0 Å². The van der Waals surface area contributed by atoms with Crippen LogP contribution in [-0.2, 0) is 96.1 Å². The van der Waals surface area contributed by atoms with Gasteiger partial charge in [0.1, 0.15) is 57.1 Å². The van der Waals surface area contributed by atoms with Crippen LogP contribution in [-0.4, -0.2) is 70.9 Å². The van der Waals surface area contributed by atoms with Gasteiger partial charge in [0.25, 0.3) is 0 Å². The molecule has 11 unspecified atom stereocenters. The van der Waals surface area contributed by atoms with E-state index in [2.05, 4.69) is 130 Å². The molecule has 4 bridgehead atoms. The molecule has 10 heterocycles. The summed E-state index contributed by atoms with van der Waals surface area (Å²) < 4.78 is 58.8. The third-order valence-corrected chi connectivity index (χ3v) is 36.7. The first-order valence-corrected chi connectivity index (χ1v) is 54.3. The second-order valence-corrected chi connectivity index (χ2v) is 43.5. The van der Waals surface area contributed by atoms with E-state index in [0.29, 0.717) is 58.8 Å². The highest BCUT2D eigenvalue weighted by atomic mass is 16.6. The maximum Gasteiger partial charge on any atom is 0.340 e. The summed E-state index contributed by atoms with van der Waals surface area (Å²) in [6, 6.07) is 7.71. The van der Waals surface area contributed by atoms with Gasteiger partial charge in [-0.25, -0.2) is 47.9 Å². The lowest BCUT2D eigenvalue weighted by atomic mass is 9.44. The lowest BCUT2D eigenvalue weighted by Gasteiger charge is -2.61. The predicted molar refractivity (Wildman–Crippen MR) is 523 cm³/mol. The molecule has 20 atom stereocenters. The van der Waals surface area contributed by atoms with E-state index in [-0.39, 0.29) is 95.2 Å². The molecule has 0 radical (unpaired) electrons. The Kier molecular flexibility index (Phi) is 25.8. The average Bonchev–Trinajstić information content (AvgIpc) is 1.45. The zero-order valence-corrected chi connectivity index (χ0v) is 83.5. The van der Waals surface area contributed by atoms with Gasteiger partial charge in [0.05, 0.1) is 44.3 Å². The van der Waals surface area contributed by atoms with E-state index >= 15 is 0 Å². The van der Waals surface area contributed by atoms with Gasteiger partial charge in [-0.05, 0) is 281 Å². The van der Waals surface area contributed by atoms with E-state index in [1.807, 2.05) is 42.5 Å². The topological polar surface area (TPSA) is 263 Å². The van der Waals surface area contributed by atoms with Crippen molar-refractivity contribution in [3.8, 4) is 0 Å². The second kappa shape index (κ2) is 37.8. The molecule has 0 N–H and O–H groups in total. The summed E-state index contributed by atoms with van der Waals surface area (Å²) in [5.41, 5.74) is 13.6. The van der Waals surface area contributed by atoms with Crippen molar-refractivity contribution in [2.45, 2.75) is 330 Å². The third-order valence-electron chi connectivity index (χ3n) is 36.7. The molecular formula is C120H138O20. The van der Waals surface area contributed by atoms with Gasteiger partial charge in [0.2, 0.25) is 0 Å². The Morgan fingerprint density at radius 3 is 0.957 bits per heavy atom. The smallest absolute Gasteiger partial charge is 0.340 e. The van der Waals surface area contributed by atoms with E-state index in [9.17, 15) is 47.9 Å². The molecule has 140 heavy (non-hydrogen) atoms. The molecule has 10 aliphatic heterocycles. The fraction of sp³-hybridized carbons (Fsp3) is 0.567. The first-order chi connectivity index (χ1) is 68.1. The van der Waals surface area contributed by atoms with E-state index in [0.717, 1.165) is 379 Å². The van der Waals surface area contributed by atoms with Gasteiger partial charge >= 0.3 is 59.7 Å². The van der Waals surface area contributed by atoms with E-state index in [4.69, 9.17) is 47.4 Å². The Bertz CT molecular complexity index is 5810. The number of allylic oxidation sites excluding steroid dienone is 18. The van der Waals surface area contributed by atoms with Crippen LogP contribution in [0.15, 0.2) is 233 Å². The fourth-order valence-electron chi connectivity index (χ4n) is 31.5. The summed E-state index contributed by atoms with van der Waals surface area (Å²) in [5.74, 6) is 6.79. The summed E-state index contributed by atoms with van der Waals surface area (Å²) in [6.45, 7) is 21.4. The molecule has 5 saturated carbocycles. The predicted octanol–water partition coefficient (Wildman–Crippen LogP) is 25.1. The number of esters is 10. The molecule has 26 aliphatic rings. The van der Waals surface area contributed by atoms with E-state index in [1.165, 1.54) is 0 Å². The van der Waals surface area contributed by atoms with Crippen molar-refractivity contribution in [1.29, 1.82) is 0 Å². The minimum atomic E-state index is -0.700. The van der Waals surface area contributed by atoms with E-state index < -0.39 is 27.6 Å². The van der Waals surface area contributed by atoms with Crippen molar-refractivity contribution in [3.05, 3.63) is 244 Å². The fourth-order valence-corrected chi connectivity index (χ4v) is 31.5. The van der Waals surface area contributed by atoms with Crippen LogP contribution in [0.2, 0.25) is 0 Å². The minimum Gasteiger partial charge on any atom is -0.450 e. The highest BCUT2D eigenvalue weighted by molar-refractivity contribution is 6.05. The van der Waals surface area contributed by atoms with Crippen LogP contribution in [0.4, 0.5) is 0 Å². The minimum absolute atomic E-state index is 0.0181. The number of unbranched alkanes of at least 4 members (excludes halogenated alkanes) is 7. The van der Waals surface area contributed by atoms with Crippen molar-refractivity contribution in [2.75, 3.05) is 0 Å². The molecule has 1 aromatic rings. The van der Waals surface area contributed by atoms with Gasteiger partial charge in [0.15, 0.2) is 0 Å². The number of rotatable bonds is 20. The SMILES string of the molecule is CCC/C=C1\OC(=O)C2=C1CCC1C(CCC)C3(OC(=O)C4=C3CCC=C4)C21.CCC/C=C1\OC(=O)C2=C1CC[C@@H]1C2[C@@]23CC[C@@H]1C=C2C(=O)O/C3=C\CCC.CCC/C=C1\OC(=O)C2=C1CC[C@H]1C2C2(OC(=O)C3=C2CCC=C3)[C@H]1CCC.CCC/C=C1\OC(=O)C2=C1CC[C@H]1C2C2(OC(=O)c3ccccc32)[C@H]1CCC.CCC/C=C1\OC(=O)C2=CC3CC[C@]21C1C2=C(CC[C@@H]31)/C(=C\CCC)OC2=O. The van der Waals surface area contributed by atoms with Crippen LogP contribution in [0.1, 0.15) is 329 Å². The van der Waals surface area contributed by atoms with Gasteiger partial charge in [-0.2, -0.15) is 0 Å². The standard InChI is InChI=1S/2C24H28O4.C24H26O4.2C24H28O4/c3*1-3-5-11-19-16-13-12-14-17(8-4-2)24(21(14)20(16)23(26)27-19)18-10-7-6-9-15(18)22(25)28-24;2*1-3-5-7-18-16-10-9-15-14-11-12-24(21(15)20(16)23(26)27-18)17(13-14)22(25)28-19(24)8-6-4-2/h2*6,9,11,14,17,21H,3-5,7-8,10,12-13H2,1-2H3;6-7,9-11,14,17,21H,3-5,8,12-13H2,1-2H3;2*7-8,13-15,21H,3-6,9-12H2,1-2H3/b3*19-11-;18-7+,19-8-;18-7-,19-8-/t14-,17+,21?,24?;;14-,17+,21?,24?;14?,15-,21?,24-;14-,15+,21?,24+/m1.101/s1. The number of benzene rings is 1. The lowest BCUT2D eigenvalue weighted by Crippen LogP contribution is -2.65. The van der Waals surface area contributed by atoms with Crippen LogP contribution in [0.5, 0.6) is 0 Å². The van der Waals surface area contributed by atoms with Gasteiger partial charge in [0, 0.05) is 103 Å². The van der Waals surface area contributed by atoms with Gasteiger partial charge in [-0.3, -0.25) is 0 Å². The Morgan fingerprint density at radius 1 is 0.307 bits per heavy atom. The van der Waals surface area contributed by atoms with Crippen LogP contribution >= 0.6 is 0 Å². The normalized spacial score (nSPS) is 37.0. The zero-order chi connectivity index (χ0) is 97.3. The number of hydrogen-bond acceptors (Lipinski definition) is 20. The molecule has 16 aliphatic carbocycles. The van der Waals surface area contributed by atoms with Crippen molar-refractivity contribution < 1.29 is 95.3 Å². The Labute approximate surface area is 823 Å². The molecule has 7 fully saturated rings. The molecule has 0 amide bonds. The second-order valence-electron chi connectivity index (χ2n) is 43.5. The molecule has 20 nitrogen and oxygen atoms in total. The monoisotopic (exact) mass is 1900 g/mol. The van der Waals surface area contributed by atoms with Crippen molar-refractivity contribution >= 4 is 59.7 Å². The Morgan fingerprint density at radius 2 is 0.614 bits per heavy atom. The molecule has 738 valence electrons. The maximum absolute atomic E-state index is 13.0. The Hall–Kier alpha value is -10.8. The highest BCUT2D eigenvalue weighted by Crippen LogP contribution is 2.75. The average molecular weight is 1900 g/mol. The first kappa shape index (κ1) is 95.4. The number of carbonyl (C=O) groups is 10. The largest absolute Gasteiger partial charge is 0.450 e. The number of fused-ring (bicyclic) bond motifs is 15. The third kappa shape index (κ3) is 14.2. The molecule has 5 spiro atoms. The molecule has 0 aromatic heterocycles. The number of ether oxygens (including phenoxy) is 10. The van der Waals surface area contributed by atoms with E-state index in [1.54, 1.807) is 0 Å². The van der Waals surface area contributed by atoms with Crippen molar-refractivity contribution in [3.63, 3.8) is 0 Å². The summed E-state index contributed by atoms with van der Waals surface area (Å²) in [4.78, 5) is 128. The molecule has 1 aromatic carbocycles. The van der Waals surface area contributed by atoms with Crippen molar-refractivity contribution in [2.24, 2.45) is 99.6 Å². The summed E-state index contributed by atoms with van der Waals surface area (Å²) in [5, 5.41) is 0. The molecule has 27 rings (SSSR count). The van der Waals surface area contributed by atoms with Gasteiger partial charge in [-0.15, -0.1) is 0 Å². The van der Waals surface area contributed by atoms with Crippen LogP contribution in [0, 0.1) is 99.6 Å². The highest BCUT2D eigenvalue weighted by Gasteiger charge is 2.77.